The molecule has 3 aromatic rings. The Labute approximate surface area is 162 Å². The van der Waals surface area contributed by atoms with Gasteiger partial charge in [0.2, 0.25) is 0 Å². The molecule has 0 saturated heterocycles. The summed E-state index contributed by atoms with van der Waals surface area (Å²) in [6.45, 7) is 8.74. The molecule has 0 aliphatic rings. The molecule has 0 atom stereocenters. The Bertz CT molecular complexity index is 925. The van der Waals surface area contributed by atoms with Gasteiger partial charge in [-0.05, 0) is 54.5 Å². The summed E-state index contributed by atoms with van der Waals surface area (Å²) >= 11 is 7.63. The first-order chi connectivity index (χ1) is 12.3. The third-order valence-electron chi connectivity index (χ3n) is 4.34. The van der Waals surface area contributed by atoms with E-state index in [0.717, 1.165) is 22.6 Å². The number of aryl methyl sites for hydroxylation is 1. The van der Waals surface area contributed by atoms with Crippen LogP contribution in [0.25, 0.3) is 0 Å². The number of hydrogen-bond acceptors (Lipinski definition) is 3. The summed E-state index contributed by atoms with van der Waals surface area (Å²) in [7, 11) is 0. The topological polar surface area (TPSA) is 46.9 Å². The minimum Gasteiger partial charge on any atom is -0.321 e. The standard InChI is InChI=1S/C20H22ClN3OS/c1-12(2)16-5-7-17(8-6-16)22-20(25)18-9-15(11-26-18)10-24-14(4)19(21)13(3)23-24/h5-9,11-12H,10H2,1-4H3,(H,22,25). The lowest BCUT2D eigenvalue weighted by Crippen LogP contribution is -2.10. The number of nitrogens with one attached hydrogen (secondary N) is 1. The van der Waals surface area contributed by atoms with Gasteiger partial charge in [0.15, 0.2) is 0 Å². The highest BCUT2D eigenvalue weighted by molar-refractivity contribution is 7.12. The van der Waals surface area contributed by atoms with Gasteiger partial charge in [0.25, 0.3) is 5.91 Å². The lowest BCUT2D eigenvalue weighted by Gasteiger charge is -2.07. The smallest absolute Gasteiger partial charge is 0.265 e. The Balaban J connectivity index is 1.68. The van der Waals surface area contributed by atoms with Crippen molar-refractivity contribution in [3.8, 4) is 0 Å². The SMILES string of the molecule is Cc1nn(Cc2csc(C(=O)Nc3ccc(C(C)C)cc3)c2)c(C)c1Cl. The molecule has 0 radical (unpaired) electrons. The van der Waals surface area contributed by atoms with Crippen LogP contribution in [0.1, 0.15) is 52.0 Å². The fourth-order valence-corrected chi connectivity index (χ4v) is 3.66. The summed E-state index contributed by atoms with van der Waals surface area (Å²) in [5, 5.41) is 10.1. The van der Waals surface area contributed by atoms with Crippen LogP contribution in [0.5, 0.6) is 0 Å². The highest BCUT2D eigenvalue weighted by Gasteiger charge is 2.13. The molecule has 0 aliphatic heterocycles. The van der Waals surface area contributed by atoms with Gasteiger partial charge in [-0.3, -0.25) is 9.48 Å². The summed E-state index contributed by atoms with van der Waals surface area (Å²) in [5.41, 5.74) is 4.86. The van der Waals surface area contributed by atoms with Gasteiger partial charge < -0.3 is 5.32 Å². The Morgan fingerprint density at radius 2 is 1.96 bits per heavy atom. The molecule has 0 saturated carbocycles. The maximum Gasteiger partial charge on any atom is 0.265 e. The minimum absolute atomic E-state index is 0.0926. The largest absolute Gasteiger partial charge is 0.321 e. The monoisotopic (exact) mass is 387 g/mol. The van der Waals surface area contributed by atoms with E-state index in [9.17, 15) is 4.79 Å². The maximum absolute atomic E-state index is 12.5. The lowest BCUT2D eigenvalue weighted by atomic mass is 10.0. The number of thiophene rings is 1. The van der Waals surface area contributed by atoms with E-state index in [2.05, 4.69) is 24.3 Å². The molecule has 0 spiro atoms. The molecule has 1 amide bonds. The number of rotatable bonds is 5. The lowest BCUT2D eigenvalue weighted by molar-refractivity contribution is 0.103. The zero-order valence-corrected chi connectivity index (χ0v) is 16.9. The molecule has 2 aromatic heterocycles. The number of amides is 1. The van der Waals surface area contributed by atoms with Gasteiger partial charge in [-0.25, -0.2) is 0 Å². The van der Waals surface area contributed by atoms with Crippen molar-refractivity contribution < 1.29 is 4.79 Å². The molecule has 1 aromatic carbocycles. The van der Waals surface area contributed by atoms with Crippen molar-refractivity contribution in [1.29, 1.82) is 0 Å². The van der Waals surface area contributed by atoms with Gasteiger partial charge in [0, 0.05) is 5.69 Å². The number of nitrogens with zero attached hydrogens (tertiary/aromatic N) is 2. The predicted octanol–water partition coefficient (Wildman–Crippen LogP) is 5.64. The maximum atomic E-state index is 12.5. The van der Waals surface area contributed by atoms with E-state index in [-0.39, 0.29) is 5.91 Å². The Kier molecular flexibility index (Phi) is 5.49. The summed E-state index contributed by atoms with van der Waals surface area (Å²) < 4.78 is 1.87. The van der Waals surface area contributed by atoms with Crippen molar-refractivity contribution in [3.63, 3.8) is 0 Å². The van der Waals surface area contributed by atoms with Crippen molar-refractivity contribution in [2.24, 2.45) is 0 Å². The quantitative estimate of drug-likeness (QED) is 0.615. The van der Waals surface area contributed by atoms with Gasteiger partial charge in [-0.15, -0.1) is 11.3 Å². The van der Waals surface area contributed by atoms with Crippen molar-refractivity contribution in [1.82, 2.24) is 9.78 Å². The van der Waals surface area contributed by atoms with Gasteiger partial charge in [-0.2, -0.15) is 5.10 Å². The summed E-state index contributed by atoms with van der Waals surface area (Å²) in [6, 6.07) is 9.89. The normalized spacial score (nSPS) is 11.2. The number of carbonyl (C=O) groups is 1. The second kappa shape index (κ2) is 7.64. The van der Waals surface area contributed by atoms with E-state index in [1.807, 2.05) is 54.2 Å². The van der Waals surface area contributed by atoms with Gasteiger partial charge in [-0.1, -0.05) is 37.6 Å². The average Bonchev–Trinajstić information content (AvgIpc) is 3.17. The van der Waals surface area contributed by atoms with Crippen LogP contribution in [0.2, 0.25) is 5.02 Å². The molecule has 4 nitrogen and oxygen atoms in total. The minimum atomic E-state index is -0.0926. The van der Waals surface area contributed by atoms with Gasteiger partial charge in [0.1, 0.15) is 0 Å². The first-order valence-corrected chi connectivity index (χ1v) is 9.79. The number of hydrogen-bond donors (Lipinski definition) is 1. The Morgan fingerprint density at radius 3 is 2.54 bits per heavy atom. The summed E-state index contributed by atoms with van der Waals surface area (Å²) in [5.74, 6) is 0.382. The summed E-state index contributed by atoms with van der Waals surface area (Å²) in [6.07, 6.45) is 0. The van der Waals surface area contributed by atoms with E-state index in [0.29, 0.717) is 22.4 Å². The molecular formula is C20H22ClN3OS. The van der Waals surface area contributed by atoms with E-state index >= 15 is 0 Å². The van der Waals surface area contributed by atoms with Crippen LogP contribution in [0.15, 0.2) is 35.7 Å². The molecule has 136 valence electrons. The second-order valence-corrected chi connectivity index (χ2v) is 7.98. The summed E-state index contributed by atoms with van der Waals surface area (Å²) in [4.78, 5) is 13.2. The Morgan fingerprint density at radius 1 is 1.27 bits per heavy atom. The first-order valence-electron chi connectivity index (χ1n) is 8.53. The van der Waals surface area contributed by atoms with Crippen LogP contribution >= 0.6 is 22.9 Å². The molecule has 2 heterocycles. The van der Waals surface area contributed by atoms with Gasteiger partial charge in [0.05, 0.1) is 27.8 Å². The van der Waals surface area contributed by atoms with Crippen LogP contribution < -0.4 is 5.32 Å². The van der Waals surface area contributed by atoms with E-state index in [4.69, 9.17) is 11.6 Å². The molecule has 6 heteroatoms. The fraction of sp³-hybridized carbons (Fsp3) is 0.300. The molecule has 26 heavy (non-hydrogen) atoms. The zero-order valence-electron chi connectivity index (χ0n) is 15.3. The Hall–Kier alpha value is -2.11. The second-order valence-electron chi connectivity index (χ2n) is 6.69. The molecule has 0 aliphatic carbocycles. The van der Waals surface area contributed by atoms with Crippen LogP contribution in [0.3, 0.4) is 0 Å². The third-order valence-corrected chi connectivity index (χ3v) is 5.86. The molecule has 0 bridgehead atoms. The van der Waals surface area contributed by atoms with Crippen LogP contribution in [0.4, 0.5) is 5.69 Å². The highest BCUT2D eigenvalue weighted by Crippen LogP contribution is 2.23. The van der Waals surface area contributed by atoms with Crippen LogP contribution in [0, 0.1) is 13.8 Å². The van der Waals surface area contributed by atoms with Crippen molar-refractivity contribution in [2.75, 3.05) is 5.32 Å². The molecular weight excluding hydrogens is 366 g/mol. The number of benzene rings is 1. The number of carbonyl (C=O) groups excluding carboxylic acids is 1. The molecule has 3 rings (SSSR count). The van der Waals surface area contributed by atoms with E-state index in [1.54, 1.807) is 0 Å². The number of aromatic nitrogens is 2. The molecule has 0 unspecified atom stereocenters. The van der Waals surface area contributed by atoms with E-state index < -0.39 is 0 Å². The van der Waals surface area contributed by atoms with Crippen LogP contribution in [-0.2, 0) is 6.54 Å². The number of halogens is 1. The van der Waals surface area contributed by atoms with Crippen molar-refractivity contribution in [2.45, 2.75) is 40.2 Å². The number of anilines is 1. The van der Waals surface area contributed by atoms with Crippen molar-refractivity contribution >= 4 is 34.5 Å². The van der Waals surface area contributed by atoms with E-state index in [1.165, 1.54) is 16.9 Å². The van der Waals surface area contributed by atoms with Crippen molar-refractivity contribution in [3.05, 3.63) is 68.1 Å². The van der Waals surface area contributed by atoms with Crippen LogP contribution in [-0.4, -0.2) is 15.7 Å². The average molecular weight is 388 g/mol. The highest BCUT2D eigenvalue weighted by atomic mass is 35.5. The first kappa shape index (κ1) is 18.7. The fourth-order valence-electron chi connectivity index (χ4n) is 2.72. The predicted molar refractivity (Wildman–Crippen MR) is 109 cm³/mol. The third kappa shape index (κ3) is 4.00. The molecule has 0 fully saturated rings. The zero-order chi connectivity index (χ0) is 18.8. The molecule has 1 N–H and O–H groups in total. The van der Waals surface area contributed by atoms with Gasteiger partial charge >= 0.3 is 0 Å².